The van der Waals surface area contributed by atoms with Gasteiger partial charge in [-0.1, -0.05) is 13.8 Å². The van der Waals surface area contributed by atoms with Gasteiger partial charge in [-0.15, -0.1) is 0 Å². The number of nitrogens with one attached hydrogen (secondary N) is 2. The smallest absolute Gasteiger partial charge is 0.315 e. The fraction of sp³-hybridized carbons (Fsp3) is 0.778. The van der Waals surface area contributed by atoms with E-state index in [-0.39, 0.29) is 25.0 Å². The average Bonchev–Trinajstić information content (AvgIpc) is 2.02. The van der Waals surface area contributed by atoms with Crippen LogP contribution in [0.1, 0.15) is 27.2 Å². The maximum absolute atomic E-state index is 11.1. The fourth-order valence-corrected chi connectivity index (χ4v) is 0.707. The molecular formula is C9H18N2O3. The second-order valence-corrected chi connectivity index (χ2v) is 3.58. The zero-order valence-electron chi connectivity index (χ0n) is 8.83. The van der Waals surface area contributed by atoms with Crippen molar-refractivity contribution in [2.24, 2.45) is 5.92 Å². The number of amides is 2. The lowest BCUT2D eigenvalue weighted by atomic mass is 10.1. The summed E-state index contributed by atoms with van der Waals surface area (Å²) in [6, 6.07) is -0.229. The summed E-state index contributed by atoms with van der Waals surface area (Å²) in [4.78, 5) is 21.3. The summed E-state index contributed by atoms with van der Waals surface area (Å²) >= 11 is 0. The molecule has 0 aromatic rings. The molecule has 0 fully saturated rings. The fourth-order valence-electron chi connectivity index (χ4n) is 0.707. The normalized spacial score (nSPS) is 12.3. The SMILES string of the molecule is CC(C)C(C)NC(=O)NCCC(=O)O. The van der Waals surface area contributed by atoms with Crippen molar-refractivity contribution in [3.05, 3.63) is 0 Å². The highest BCUT2D eigenvalue weighted by Gasteiger charge is 2.09. The summed E-state index contributed by atoms with van der Waals surface area (Å²) in [5, 5.41) is 13.5. The molecule has 1 unspecified atom stereocenters. The van der Waals surface area contributed by atoms with Gasteiger partial charge in [0, 0.05) is 12.6 Å². The van der Waals surface area contributed by atoms with E-state index in [1.165, 1.54) is 0 Å². The zero-order chi connectivity index (χ0) is 11.1. The molecule has 14 heavy (non-hydrogen) atoms. The third-order valence-corrected chi connectivity index (χ3v) is 1.98. The quantitative estimate of drug-likeness (QED) is 0.617. The van der Waals surface area contributed by atoms with E-state index in [4.69, 9.17) is 5.11 Å². The average molecular weight is 202 g/mol. The molecule has 5 heteroatoms. The summed E-state index contributed by atoms with van der Waals surface area (Å²) in [6.45, 7) is 6.07. The molecule has 0 aliphatic heterocycles. The van der Waals surface area contributed by atoms with Gasteiger partial charge in [0.2, 0.25) is 0 Å². The van der Waals surface area contributed by atoms with Gasteiger partial charge in [0.15, 0.2) is 0 Å². The molecule has 5 nitrogen and oxygen atoms in total. The summed E-state index contributed by atoms with van der Waals surface area (Å²) in [5.41, 5.74) is 0. The first-order valence-electron chi connectivity index (χ1n) is 4.69. The van der Waals surface area contributed by atoms with E-state index in [0.717, 1.165) is 0 Å². The second kappa shape index (κ2) is 6.23. The van der Waals surface area contributed by atoms with Gasteiger partial charge in [-0.3, -0.25) is 4.79 Å². The Kier molecular flexibility index (Phi) is 5.67. The Hall–Kier alpha value is -1.26. The first-order valence-corrected chi connectivity index (χ1v) is 4.69. The van der Waals surface area contributed by atoms with Gasteiger partial charge in [0.25, 0.3) is 0 Å². The lowest BCUT2D eigenvalue weighted by Crippen LogP contribution is -2.43. The van der Waals surface area contributed by atoms with Crippen LogP contribution in [0.5, 0.6) is 0 Å². The number of carboxylic acids is 1. The number of urea groups is 1. The highest BCUT2D eigenvalue weighted by molar-refractivity contribution is 5.75. The van der Waals surface area contributed by atoms with Gasteiger partial charge >= 0.3 is 12.0 Å². The van der Waals surface area contributed by atoms with E-state index >= 15 is 0 Å². The van der Waals surface area contributed by atoms with Crippen molar-refractivity contribution in [2.45, 2.75) is 33.2 Å². The Morgan fingerprint density at radius 2 is 1.86 bits per heavy atom. The number of aliphatic carboxylic acids is 1. The molecule has 0 saturated carbocycles. The van der Waals surface area contributed by atoms with E-state index in [2.05, 4.69) is 10.6 Å². The van der Waals surface area contributed by atoms with E-state index in [1.807, 2.05) is 20.8 Å². The molecule has 0 aromatic carbocycles. The number of carbonyl (C=O) groups excluding carboxylic acids is 1. The predicted octanol–water partition coefficient (Wildman–Crippen LogP) is 0.805. The first kappa shape index (κ1) is 12.7. The summed E-state index contributed by atoms with van der Waals surface area (Å²) in [6.07, 6.45) is -0.0521. The second-order valence-electron chi connectivity index (χ2n) is 3.58. The number of carbonyl (C=O) groups is 2. The number of hydrogen-bond acceptors (Lipinski definition) is 2. The van der Waals surface area contributed by atoms with Crippen LogP contribution in [0.2, 0.25) is 0 Å². The van der Waals surface area contributed by atoms with Crippen molar-refractivity contribution in [3.8, 4) is 0 Å². The van der Waals surface area contributed by atoms with E-state index in [9.17, 15) is 9.59 Å². The number of carboxylic acid groups (broad SMARTS) is 1. The van der Waals surface area contributed by atoms with E-state index < -0.39 is 5.97 Å². The lowest BCUT2D eigenvalue weighted by Gasteiger charge is -2.17. The monoisotopic (exact) mass is 202 g/mol. The molecule has 0 spiro atoms. The Bertz CT molecular complexity index is 204. The van der Waals surface area contributed by atoms with E-state index in [0.29, 0.717) is 5.92 Å². The Morgan fingerprint density at radius 1 is 1.29 bits per heavy atom. The van der Waals surface area contributed by atoms with Crippen molar-refractivity contribution < 1.29 is 14.7 Å². The van der Waals surface area contributed by atoms with Crippen molar-refractivity contribution >= 4 is 12.0 Å². The first-order chi connectivity index (χ1) is 6.43. The zero-order valence-corrected chi connectivity index (χ0v) is 8.83. The molecule has 0 aliphatic rings. The molecule has 0 radical (unpaired) electrons. The maximum Gasteiger partial charge on any atom is 0.315 e. The molecule has 1 atom stereocenters. The molecule has 0 saturated heterocycles. The van der Waals surface area contributed by atoms with Crippen LogP contribution < -0.4 is 10.6 Å². The van der Waals surface area contributed by atoms with Crippen molar-refractivity contribution in [2.75, 3.05) is 6.54 Å². The maximum atomic E-state index is 11.1. The molecule has 0 rings (SSSR count). The summed E-state index contributed by atoms with van der Waals surface area (Å²) in [5.74, 6) is -0.553. The van der Waals surface area contributed by atoms with Crippen LogP contribution >= 0.6 is 0 Å². The van der Waals surface area contributed by atoms with Crippen LogP contribution in [0.15, 0.2) is 0 Å². The van der Waals surface area contributed by atoms with Gasteiger partial charge in [0.05, 0.1) is 6.42 Å². The minimum Gasteiger partial charge on any atom is -0.481 e. The van der Waals surface area contributed by atoms with Gasteiger partial charge < -0.3 is 15.7 Å². The molecule has 2 amide bonds. The number of hydrogen-bond donors (Lipinski definition) is 3. The highest BCUT2D eigenvalue weighted by atomic mass is 16.4. The van der Waals surface area contributed by atoms with Crippen LogP contribution in [0.3, 0.4) is 0 Å². The molecular weight excluding hydrogens is 184 g/mol. The molecule has 0 bridgehead atoms. The van der Waals surface area contributed by atoms with Crippen molar-refractivity contribution in [3.63, 3.8) is 0 Å². The van der Waals surface area contributed by atoms with E-state index in [1.54, 1.807) is 0 Å². The van der Waals surface area contributed by atoms with Crippen LogP contribution in [-0.2, 0) is 4.79 Å². The minimum absolute atomic E-state index is 0.0521. The summed E-state index contributed by atoms with van der Waals surface area (Å²) < 4.78 is 0. The lowest BCUT2D eigenvalue weighted by molar-refractivity contribution is -0.136. The molecule has 0 heterocycles. The largest absolute Gasteiger partial charge is 0.481 e. The van der Waals surface area contributed by atoms with Gasteiger partial charge in [0.1, 0.15) is 0 Å². The Labute approximate surface area is 83.9 Å². The predicted molar refractivity (Wildman–Crippen MR) is 53.1 cm³/mol. The topological polar surface area (TPSA) is 78.4 Å². The third-order valence-electron chi connectivity index (χ3n) is 1.98. The third kappa shape index (κ3) is 6.28. The van der Waals surface area contributed by atoms with Crippen LogP contribution in [0, 0.1) is 5.92 Å². The van der Waals surface area contributed by atoms with Crippen molar-refractivity contribution in [1.29, 1.82) is 0 Å². The standard InChI is InChI=1S/C9H18N2O3/c1-6(2)7(3)11-9(14)10-5-4-8(12)13/h6-7H,4-5H2,1-3H3,(H,12,13)(H2,10,11,14). The van der Waals surface area contributed by atoms with Gasteiger partial charge in [-0.2, -0.15) is 0 Å². The molecule has 3 N–H and O–H groups in total. The van der Waals surface area contributed by atoms with Crippen molar-refractivity contribution in [1.82, 2.24) is 10.6 Å². The van der Waals surface area contributed by atoms with Crippen LogP contribution in [0.25, 0.3) is 0 Å². The van der Waals surface area contributed by atoms with Crippen LogP contribution in [0.4, 0.5) is 4.79 Å². The van der Waals surface area contributed by atoms with Gasteiger partial charge in [-0.25, -0.2) is 4.79 Å². The molecule has 82 valence electrons. The minimum atomic E-state index is -0.915. The molecule has 0 aromatic heterocycles. The summed E-state index contributed by atoms with van der Waals surface area (Å²) in [7, 11) is 0. The van der Waals surface area contributed by atoms with Crippen LogP contribution in [-0.4, -0.2) is 29.7 Å². The van der Waals surface area contributed by atoms with Gasteiger partial charge in [-0.05, 0) is 12.8 Å². The number of rotatable bonds is 5. The Balaban J connectivity index is 3.60. The molecule has 0 aliphatic carbocycles. The Morgan fingerprint density at radius 3 is 2.29 bits per heavy atom. The highest BCUT2D eigenvalue weighted by Crippen LogP contribution is 1.98.